The first kappa shape index (κ1) is 19.8. The number of carbonyl (C=O) groups excluding carboxylic acids is 1. The fourth-order valence-electron chi connectivity index (χ4n) is 2.85. The number of aliphatic hydroxyl groups is 2. The van der Waals surface area contributed by atoms with Crippen LogP contribution in [0.15, 0.2) is 18.2 Å². The molecule has 0 spiro atoms. The molecule has 140 valence electrons. The largest absolute Gasteiger partial charge is 0.394 e. The van der Waals surface area contributed by atoms with Gasteiger partial charge in [-0.05, 0) is 24.1 Å². The molecule has 6 nitrogen and oxygen atoms in total. The topological polar surface area (TPSA) is 76.0 Å². The van der Waals surface area contributed by atoms with Gasteiger partial charge in [0.1, 0.15) is 0 Å². The van der Waals surface area contributed by atoms with Crippen molar-refractivity contribution in [1.82, 2.24) is 4.90 Å². The molecule has 0 radical (unpaired) electrons. The van der Waals surface area contributed by atoms with Crippen LogP contribution in [0.4, 0.5) is 11.4 Å². The molecule has 7 heteroatoms. The van der Waals surface area contributed by atoms with E-state index in [0.29, 0.717) is 30.5 Å². The number of nitrogens with zero attached hydrogens (tertiary/aromatic N) is 2. The van der Waals surface area contributed by atoms with Gasteiger partial charge in [0.05, 0.1) is 23.4 Å². The third-order valence-corrected chi connectivity index (χ3v) is 4.56. The van der Waals surface area contributed by atoms with Crippen molar-refractivity contribution in [2.45, 2.75) is 26.4 Å². The lowest BCUT2D eigenvalue weighted by Gasteiger charge is -2.37. The normalized spacial score (nSPS) is 16.2. The van der Waals surface area contributed by atoms with Gasteiger partial charge in [0.2, 0.25) is 5.91 Å². The summed E-state index contributed by atoms with van der Waals surface area (Å²) in [4.78, 5) is 16.3. The first-order chi connectivity index (χ1) is 11.9. The van der Waals surface area contributed by atoms with Crippen LogP contribution in [0.1, 0.15) is 20.3 Å². The molecule has 1 unspecified atom stereocenters. The Bertz CT molecular complexity index is 575. The molecule has 0 saturated carbocycles. The van der Waals surface area contributed by atoms with E-state index in [1.807, 2.05) is 23.1 Å². The molecule has 1 amide bonds. The minimum Gasteiger partial charge on any atom is -0.394 e. The van der Waals surface area contributed by atoms with Crippen LogP contribution < -0.4 is 10.2 Å². The van der Waals surface area contributed by atoms with Crippen LogP contribution in [0.25, 0.3) is 0 Å². The van der Waals surface area contributed by atoms with Gasteiger partial charge in [0.25, 0.3) is 0 Å². The lowest BCUT2D eigenvalue weighted by atomic mass is 10.1. The van der Waals surface area contributed by atoms with Crippen LogP contribution in [0.3, 0.4) is 0 Å². The summed E-state index contributed by atoms with van der Waals surface area (Å²) in [6.07, 6.45) is -0.198. The third kappa shape index (κ3) is 5.76. The third-order valence-electron chi connectivity index (χ3n) is 4.26. The lowest BCUT2D eigenvalue weighted by Crippen LogP contribution is -2.49. The minimum absolute atomic E-state index is 0.225. The molecular weight excluding hydrogens is 342 g/mol. The zero-order valence-electron chi connectivity index (χ0n) is 14.9. The Morgan fingerprint density at radius 3 is 2.52 bits per heavy atom. The molecule has 1 atom stereocenters. The van der Waals surface area contributed by atoms with Gasteiger partial charge in [-0.2, -0.15) is 0 Å². The molecular formula is C18H28ClN3O3. The second-order valence-corrected chi connectivity index (χ2v) is 7.26. The summed E-state index contributed by atoms with van der Waals surface area (Å²) >= 11 is 6.41. The minimum atomic E-state index is -0.796. The van der Waals surface area contributed by atoms with E-state index >= 15 is 0 Å². The molecule has 1 aliphatic rings. The number of anilines is 2. The van der Waals surface area contributed by atoms with Crippen LogP contribution in [0.5, 0.6) is 0 Å². The predicted octanol–water partition coefficient (Wildman–Crippen LogP) is 1.80. The number of hydrogen-bond donors (Lipinski definition) is 3. The standard InChI is InChI=1S/C18H28ClN3O3/c1-13(2)9-18(25)22-7-5-21(6-8-22)17-4-3-14(10-16(17)19)20-11-15(24)12-23/h3-4,10,13,15,20,23-24H,5-9,11-12H2,1-2H3. The van der Waals surface area contributed by atoms with Gasteiger partial charge in [-0.1, -0.05) is 25.4 Å². The number of amides is 1. The number of hydrogen-bond acceptors (Lipinski definition) is 5. The van der Waals surface area contributed by atoms with E-state index in [9.17, 15) is 9.90 Å². The van der Waals surface area contributed by atoms with Gasteiger partial charge < -0.3 is 25.3 Å². The maximum absolute atomic E-state index is 12.1. The number of halogens is 1. The summed E-state index contributed by atoms with van der Waals surface area (Å²) in [6, 6.07) is 5.67. The van der Waals surface area contributed by atoms with Crippen LogP contribution in [-0.2, 0) is 4.79 Å². The number of nitrogens with one attached hydrogen (secondary N) is 1. The van der Waals surface area contributed by atoms with Crippen molar-refractivity contribution >= 4 is 28.9 Å². The molecule has 1 aromatic carbocycles. The highest BCUT2D eigenvalue weighted by Gasteiger charge is 2.22. The van der Waals surface area contributed by atoms with E-state index in [4.69, 9.17) is 16.7 Å². The van der Waals surface area contributed by atoms with E-state index in [0.717, 1.165) is 24.5 Å². The molecule has 1 heterocycles. The molecule has 0 aliphatic carbocycles. The molecule has 3 N–H and O–H groups in total. The monoisotopic (exact) mass is 369 g/mol. The van der Waals surface area contributed by atoms with Crippen molar-refractivity contribution in [1.29, 1.82) is 0 Å². The summed E-state index contributed by atoms with van der Waals surface area (Å²) in [5.41, 5.74) is 1.75. The summed E-state index contributed by atoms with van der Waals surface area (Å²) < 4.78 is 0. The van der Waals surface area contributed by atoms with Crippen molar-refractivity contribution in [3.63, 3.8) is 0 Å². The Morgan fingerprint density at radius 2 is 1.96 bits per heavy atom. The second-order valence-electron chi connectivity index (χ2n) is 6.85. The number of aliphatic hydroxyl groups excluding tert-OH is 2. The molecule has 0 aromatic heterocycles. The fourth-order valence-corrected chi connectivity index (χ4v) is 3.15. The zero-order valence-corrected chi connectivity index (χ0v) is 15.7. The van der Waals surface area contributed by atoms with Crippen molar-refractivity contribution in [3.05, 3.63) is 23.2 Å². The van der Waals surface area contributed by atoms with Crippen LogP contribution >= 0.6 is 11.6 Å². The van der Waals surface area contributed by atoms with Crippen LogP contribution in [0.2, 0.25) is 5.02 Å². The van der Waals surface area contributed by atoms with E-state index < -0.39 is 6.10 Å². The zero-order chi connectivity index (χ0) is 18.4. The lowest BCUT2D eigenvalue weighted by molar-refractivity contribution is -0.132. The second kappa shape index (κ2) is 9.27. The Balaban J connectivity index is 1.91. The highest BCUT2D eigenvalue weighted by Crippen LogP contribution is 2.29. The van der Waals surface area contributed by atoms with Crippen molar-refractivity contribution in [3.8, 4) is 0 Å². The molecule has 1 saturated heterocycles. The first-order valence-electron chi connectivity index (χ1n) is 8.75. The molecule has 0 bridgehead atoms. The quantitative estimate of drug-likeness (QED) is 0.683. The molecule has 1 aliphatic heterocycles. The number of rotatable bonds is 7. The highest BCUT2D eigenvalue weighted by molar-refractivity contribution is 6.33. The predicted molar refractivity (Wildman–Crippen MR) is 101 cm³/mol. The average Bonchev–Trinajstić information content (AvgIpc) is 2.59. The summed E-state index contributed by atoms with van der Waals surface area (Å²) in [6.45, 7) is 7.06. The maximum atomic E-state index is 12.1. The van der Waals surface area contributed by atoms with E-state index in [2.05, 4.69) is 24.1 Å². The Hall–Kier alpha value is -1.50. The van der Waals surface area contributed by atoms with Gasteiger partial charge in [-0.25, -0.2) is 0 Å². The van der Waals surface area contributed by atoms with Crippen LogP contribution in [-0.4, -0.2) is 66.5 Å². The molecule has 2 rings (SSSR count). The van der Waals surface area contributed by atoms with Gasteiger partial charge in [-0.15, -0.1) is 0 Å². The SMILES string of the molecule is CC(C)CC(=O)N1CCN(c2ccc(NCC(O)CO)cc2Cl)CC1. The average molecular weight is 370 g/mol. The Labute approximate surface area is 154 Å². The smallest absolute Gasteiger partial charge is 0.222 e. The van der Waals surface area contributed by atoms with Crippen LogP contribution in [0, 0.1) is 5.92 Å². The number of piperazine rings is 1. The van der Waals surface area contributed by atoms with Gasteiger partial charge in [-0.3, -0.25) is 4.79 Å². The van der Waals surface area contributed by atoms with Crippen molar-refractivity contribution < 1.29 is 15.0 Å². The number of benzene rings is 1. The molecule has 1 fully saturated rings. The van der Waals surface area contributed by atoms with Gasteiger partial charge in [0.15, 0.2) is 0 Å². The fraction of sp³-hybridized carbons (Fsp3) is 0.611. The first-order valence-corrected chi connectivity index (χ1v) is 9.13. The number of carbonyl (C=O) groups is 1. The summed E-state index contributed by atoms with van der Waals surface area (Å²) in [5.74, 6) is 0.604. The van der Waals surface area contributed by atoms with E-state index in [-0.39, 0.29) is 19.1 Å². The Morgan fingerprint density at radius 1 is 1.28 bits per heavy atom. The van der Waals surface area contributed by atoms with E-state index in [1.54, 1.807) is 0 Å². The Kier molecular flexibility index (Phi) is 7.35. The summed E-state index contributed by atoms with van der Waals surface area (Å²) in [5, 5.41) is 21.9. The van der Waals surface area contributed by atoms with E-state index in [1.165, 1.54) is 0 Å². The molecule has 25 heavy (non-hydrogen) atoms. The van der Waals surface area contributed by atoms with Crippen molar-refractivity contribution in [2.75, 3.05) is 49.5 Å². The summed E-state index contributed by atoms with van der Waals surface area (Å²) in [7, 11) is 0. The van der Waals surface area contributed by atoms with Gasteiger partial charge in [0, 0.05) is 44.8 Å². The van der Waals surface area contributed by atoms with Gasteiger partial charge >= 0.3 is 0 Å². The van der Waals surface area contributed by atoms with Crippen molar-refractivity contribution in [2.24, 2.45) is 5.92 Å². The maximum Gasteiger partial charge on any atom is 0.222 e. The molecule has 1 aromatic rings. The highest BCUT2D eigenvalue weighted by atomic mass is 35.5.